The summed E-state index contributed by atoms with van der Waals surface area (Å²) in [5.41, 5.74) is 2.90. The maximum atomic E-state index is 13.0. The Bertz CT molecular complexity index is 963. The Hall–Kier alpha value is -2.30. The van der Waals surface area contributed by atoms with E-state index < -0.39 is 0 Å². The molecule has 3 aromatic rings. The molecular formula is C21H19Cl2N3O. The zero-order valence-corrected chi connectivity index (χ0v) is 16.3. The third-order valence-corrected chi connectivity index (χ3v) is 5.44. The van der Waals surface area contributed by atoms with Gasteiger partial charge in [0.1, 0.15) is 5.15 Å². The molecule has 1 atom stereocenters. The van der Waals surface area contributed by atoms with Crippen LogP contribution in [-0.2, 0) is 0 Å². The Morgan fingerprint density at radius 3 is 2.41 bits per heavy atom. The predicted molar refractivity (Wildman–Crippen MR) is 108 cm³/mol. The van der Waals surface area contributed by atoms with Crippen LogP contribution < -0.4 is 5.32 Å². The highest BCUT2D eigenvalue weighted by molar-refractivity contribution is 6.33. The molecule has 2 aromatic carbocycles. The lowest BCUT2D eigenvalue weighted by Crippen LogP contribution is -2.30. The molecule has 1 unspecified atom stereocenters. The van der Waals surface area contributed by atoms with E-state index in [4.69, 9.17) is 23.2 Å². The van der Waals surface area contributed by atoms with Crippen molar-refractivity contribution in [3.63, 3.8) is 0 Å². The summed E-state index contributed by atoms with van der Waals surface area (Å²) in [7, 11) is 0. The number of nitrogens with one attached hydrogen (secondary N) is 1. The van der Waals surface area contributed by atoms with Gasteiger partial charge in [-0.15, -0.1) is 0 Å². The van der Waals surface area contributed by atoms with Crippen molar-refractivity contribution in [1.82, 2.24) is 15.1 Å². The standard InChI is InChI=1S/C21H19Cl2N3O/c1-13-18(20(23)26(25-13)17-5-3-2-4-6-17)21(27)24-19(14-7-8-14)15-9-11-16(22)12-10-15/h2-6,9-12,14,19H,7-8H2,1H3,(H,24,27). The van der Waals surface area contributed by atoms with Gasteiger partial charge < -0.3 is 5.32 Å². The molecule has 1 amide bonds. The van der Waals surface area contributed by atoms with E-state index in [1.807, 2.05) is 54.6 Å². The molecule has 0 radical (unpaired) electrons. The number of nitrogens with zero attached hydrogens (tertiary/aromatic N) is 2. The van der Waals surface area contributed by atoms with E-state index in [9.17, 15) is 4.79 Å². The quantitative estimate of drug-likeness (QED) is 0.626. The summed E-state index contributed by atoms with van der Waals surface area (Å²) < 4.78 is 1.60. The van der Waals surface area contributed by atoms with Crippen LogP contribution in [0.15, 0.2) is 54.6 Å². The van der Waals surface area contributed by atoms with E-state index >= 15 is 0 Å². The van der Waals surface area contributed by atoms with Crippen molar-refractivity contribution in [2.75, 3.05) is 0 Å². The second-order valence-electron chi connectivity index (χ2n) is 6.84. The minimum Gasteiger partial charge on any atom is -0.345 e. The SMILES string of the molecule is Cc1nn(-c2ccccc2)c(Cl)c1C(=O)NC(c1ccc(Cl)cc1)C1CC1. The third kappa shape index (κ3) is 3.73. The molecule has 0 bridgehead atoms. The number of halogens is 2. The van der Waals surface area contributed by atoms with Gasteiger partial charge in [0.05, 0.1) is 23.0 Å². The molecule has 0 aliphatic heterocycles. The van der Waals surface area contributed by atoms with Crippen LogP contribution in [0.2, 0.25) is 10.2 Å². The summed E-state index contributed by atoms with van der Waals surface area (Å²) in [5, 5.41) is 8.62. The molecule has 138 valence electrons. The second kappa shape index (κ2) is 7.37. The van der Waals surface area contributed by atoms with Gasteiger partial charge in [-0.25, -0.2) is 4.68 Å². The summed E-state index contributed by atoms with van der Waals surface area (Å²) in [4.78, 5) is 13.0. The van der Waals surface area contributed by atoms with E-state index in [1.165, 1.54) is 0 Å². The lowest BCUT2D eigenvalue weighted by atomic mass is 10.0. The van der Waals surface area contributed by atoms with Crippen LogP contribution in [0.1, 0.15) is 40.5 Å². The number of para-hydroxylation sites is 1. The first-order valence-corrected chi connectivity index (χ1v) is 9.67. The minimum absolute atomic E-state index is 0.0506. The van der Waals surface area contributed by atoms with Gasteiger partial charge in [-0.05, 0) is 55.5 Å². The van der Waals surface area contributed by atoms with Crippen molar-refractivity contribution in [3.8, 4) is 5.69 Å². The average Bonchev–Trinajstić information content (AvgIpc) is 3.46. The minimum atomic E-state index is -0.202. The van der Waals surface area contributed by atoms with Crippen molar-refractivity contribution in [1.29, 1.82) is 0 Å². The number of carbonyl (C=O) groups excluding carboxylic acids is 1. The summed E-state index contributed by atoms with van der Waals surface area (Å²) in [6, 6.07) is 17.1. The molecule has 4 rings (SSSR count). The highest BCUT2D eigenvalue weighted by Gasteiger charge is 2.34. The zero-order valence-electron chi connectivity index (χ0n) is 14.8. The molecule has 0 spiro atoms. The Kier molecular flexibility index (Phi) is 4.94. The normalized spacial score (nSPS) is 14.8. The van der Waals surface area contributed by atoms with Gasteiger partial charge in [-0.2, -0.15) is 5.10 Å². The number of amides is 1. The Morgan fingerprint density at radius 2 is 1.78 bits per heavy atom. The monoisotopic (exact) mass is 399 g/mol. The molecule has 1 saturated carbocycles. The van der Waals surface area contributed by atoms with Crippen molar-refractivity contribution < 1.29 is 4.79 Å². The maximum Gasteiger partial charge on any atom is 0.256 e. The highest BCUT2D eigenvalue weighted by Crippen LogP contribution is 2.41. The molecule has 0 saturated heterocycles. The fraction of sp³-hybridized carbons (Fsp3) is 0.238. The summed E-state index contributed by atoms with van der Waals surface area (Å²) in [6.45, 7) is 1.80. The third-order valence-electron chi connectivity index (χ3n) is 4.84. The molecule has 1 fully saturated rings. The van der Waals surface area contributed by atoms with Gasteiger partial charge in [0.15, 0.2) is 0 Å². The number of aryl methyl sites for hydroxylation is 1. The van der Waals surface area contributed by atoms with Crippen LogP contribution in [-0.4, -0.2) is 15.7 Å². The number of hydrogen-bond acceptors (Lipinski definition) is 2. The van der Waals surface area contributed by atoms with Crippen LogP contribution in [0.25, 0.3) is 5.69 Å². The number of carbonyl (C=O) groups is 1. The fourth-order valence-corrected chi connectivity index (χ4v) is 3.77. The van der Waals surface area contributed by atoms with Gasteiger partial charge in [0, 0.05) is 5.02 Å². The van der Waals surface area contributed by atoms with Crippen molar-refractivity contribution in [2.45, 2.75) is 25.8 Å². The second-order valence-corrected chi connectivity index (χ2v) is 7.63. The number of benzene rings is 2. The van der Waals surface area contributed by atoms with Crippen LogP contribution in [0.5, 0.6) is 0 Å². The summed E-state index contributed by atoms with van der Waals surface area (Å²) in [5.74, 6) is 0.241. The first kappa shape index (κ1) is 18.1. The van der Waals surface area contributed by atoms with Crippen molar-refractivity contribution in [2.24, 2.45) is 5.92 Å². The average molecular weight is 400 g/mol. The van der Waals surface area contributed by atoms with E-state index in [2.05, 4.69) is 10.4 Å². The van der Waals surface area contributed by atoms with E-state index in [1.54, 1.807) is 11.6 Å². The largest absolute Gasteiger partial charge is 0.345 e. The van der Waals surface area contributed by atoms with Crippen molar-refractivity contribution >= 4 is 29.1 Å². The van der Waals surface area contributed by atoms with E-state index in [0.29, 0.717) is 27.4 Å². The molecule has 4 nitrogen and oxygen atoms in total. The summed E-state index contributed by atoms with van der Waals surface area (Å²) >= 11 is 12.5. The number of aromatic nitrogens is 2. The molecular weight excluding hydrogens is 381 g/mol. The van der Waals surface area contributed by atoms with E-state index in [-0.39, 0.29) is 11.9 Å². The van der Waals surface area contributed by atoms with Gasteiger partial charge in [-0.3, -0.25) is 4.79 Å². The van der Waals surface area contributed by atoms with Crippen LogP contribution in [0.4, 0.5) is 0 Å². The van der Waals surface area contributed by atoms with Crippen molar-refractivity contribution in [3.05, 3.63) is 81.6 Å². The van der Waals surface area contributed by atoms with Crippen LogP contribution in [0, 0.1) is 12.8 Å². The molecule has 1 N–H and O–H groups in total. The lowest BCUT2D eigenvalue weighted by Gasteiger charge is -2.19. The number of hydrogen-bond donors (Lipinski definition) is 1. The molecule has 1 aliphatic carbocycles. The van der Waals surface area contributed by atoms with Gasteiger partial charge in [0.2, 0.25) is 0 Å². The van der Waals surface area contributed by atoms with Crippen LogP contribution >= 0.6 is 23.2 Å². The zero-order chi connectivity index (χ0) is 19.0. The lowest BCUT2D eigenvalue weighted by molar-refractivity contribution is 0.0931. The van der Waals surface area contributed by atoms with Gasteiger partial charge >= 0.3 is 0 Å². The number of rotatable bonds is 5. The van der Waals surface area contributed by atoms with Crippen LogP contribution in [0.3, 0.4) is 0 Å². The van der Waals surface area contributed by atoms with E-state index in [0.717, 1.165) is 24.1 Å². The van der Waals surface area contributed by atoms with Gasteiger partial charge in [-0.1, -0.05) is 53.5 Å². The molecule has 1 heterocycles. The maximum absolute atomic E-state index is 13.0. The molecule has 1 aliphatic rings. The highest BCUT2D eigenvalue weighted by atomic mass is 35.5. The summed E-state index contributed by atoms with van der Waals surface area (Å²) in [6.07, 6.45) is 2.20. The topological polar surface area (TPSA) is 46.9 Å². The molecule has 27 heavy (non-hydrogen) atoms. The smallest absolute Gasteiger partial charge is 0.256 e. The molecule has 1 aromatic heterocycles. The Morgan fingerprint density at radius 1 is 1.11 bits per heavy atom. The fourth-order valence-electron chi connectivity index (χ4n) is 3.28. The van der Waals surface area contributed by atoms with Gasteiger partial charge in [0.25, 0.3) is 5.91 Å². The Balaban J connectivity index is 1.62. The first-order valence-electron chi connectivity index (χ1n) is 8.91. The Labute approximate surface area is 168 Å². The predicted octanol–water partition coefficient (Wildman–Crippen LogP) is 5.37. The molecule has 6 heteroatoms. The first-order chi connectivity index (χ1) is 13.0.